The van der Waals surface area contributed by atoms with Crippen molar-refractivity contribution in [3.05, 3.63) is 48.6 Å². The largest absolute Gasteiger partial charge is 0.497 e. The topological polar surface area (TPSA) is 90.4 Å². The van der Waals surface area contributed by atoms with Crippen LogP contribution in [0.1, 0.15) is 33.6 Å². The van der Waals surface area contributed by atoms with Gasteiger partial charge in [0.25, 0.3) is 5.91 Å². The smallest absolute Gasteiger partial charge is 0.251 e. The first kappa shape index (κ1) is 27.8. The van der Waals surface area contributed by atoms with Crippen LogP contribution in [0.2, 0.25) is 0 Å². The van der Waals surface area contributed by atoms with Crippen molar-refractivity contribution < 1.29 is 24.2 Å². The third kappa shape index (κ3) is 4.38. The molecule has 8 nitrogen and oxygen atoms in total. The molecule has 0 aliphatic carbocycles. The van der Waals surface area contributed by atoms with E-state index in [-0.39, 0.29) is 35.5 Å². The van der Waals surface area contributed by atoms with Crippen molar-refractivity contribution in [2.45, 2.75) is 55.7 Å². The van der Waals surface area contributed by atoms with Crippen molar-refractivity contribution in [3.63, 3.8) is 0 Å². The van der Waals surface area contributed by atoms with Crippen molar-refractivity contribution >= 4 is 35.2 Å². The highest BCUT2D eigenvalue weighted by Gasteiger charge is 2.72. The molecule has 1 spiro atoms. The van der Waals surface area contributed by atoms with Crippen LogP contribution in [0.15, 0.2) is 48.6 Å². The number of thioether (sulfide) groups is 1. The summed E-state index contributed by atoms with van der Waals surface area (Å²) in [6.07, 6.45) is 9.67. The molecule has 0 bridgehead atoms. The van der Waals surface area contributed by atoms with Gasteiger partial charge in [-0.3, -0.25) is 14.4 Å². The van der Waals surface area contributed by atoms with Gasteiger partial charge >= 0.3 is 0 Å². The van der Waals surface area contributed by atoms with Crippen LogP contribution >= 0.6 is 11.8 Å². The normalized spacial score (nSPS) is 31.5. The van der Waals surface area contributed by atoms with Crippen LogP contribution in [0.5, 0.6) is 5.75 Å². The molecule has 7 atom stereocenters. The van der Waals surface area contributed by atoms with Gasteiger partial charge in [-0.2, -0.15) is 0 Å². The van der Waals surface area contributed by atoms with Gasteiger partial charge in [-0.25, -0.2) is 0 Å². The maximum Gasteiger partial charge on any atom is 0.251 e. The van der Waals surface area contributed by atoms with Crippen LogP contribution in [0.4, 0.5) is 5.69 Å². The zero-order valence-corrected chi connectivity index (χ0v) is 24.0. The lowest BCUT2D eigenvalue weighted by molar-refractivity contribution is -0.145. The number of nitrogens with zero attached hydrogens (tertiary/aromatic N) is 3. The molecular weight excluding hydrogens is 514 g/mol. The van der Waals surface area contributed by atoms with Crippen molar-refractivity contribution in [3.8, 4) is 5.75 Å². The quantitative estimate of drug-likeness (QED) is 0.498. The lowest BCUT2D eigenvalue weighted by atomic mass is 9.78. The van der Waals surface area contributed by atoms with E-state index >= 15 is 0 Å². The summed E-state index contributed by atoms with van der Waals surface area (Å²) in [5.41, 5.74) is 0.713. The molecule has 5 rings (SSSR count). The van der Waals surface area contributed by atoms with Crippen LogP contribution in [0.3, 0.4) is 0 Å². The fourth-order valence-corrected chi connectivity index (χ4v) is 8.76. The predicted molar refractivity (Wildman–Crippen MR) is 153 cm³/mol. The van der Waals surface area contributed by atoms with Crippen LogP contribution in [-0.2, 0) is 14.4 Å². The number of aliphatic hydroxyl groups is 1. The Kier molecular flexibility index (Phi) is 7.84. The standard InChI is InChI=1S/C30H39N3O5S/c1-5-15-31-16-7-9-23-24(27(31)35)25-28(36)33(22(18-34)19(3)6-2)26-29(37)32(17-8-14-30(25,26)39-23)20-10-12-21(38-4)13-11-20/h7-14,19,22-26,34H,5-6,15-18H2,1-4H3/t19-,22-,23+,24-,25-,26?,30-/m0/s1. The summed E-state index contributed by atoms with van der Waals surface area (Å²) < 4.78 is 4.40. The van der Waals surface area contributed by atoms with E-state index in [0.717, 1.165) is 12.8 Å². The molecule has 2 saturated heterocycles. The van der Waals surface area contributed by atoms with Crippen LogP contribution in [0.25, 0.3) is 0 Å². The second-order valence-corrected chi connectivity index (χ2v) is 12.5. The first-order valence-electron chi connectivity index (χ1n) is 14.0. The number of ether oxygens (including phenoxy) is 1. The van der Waals surface area contributed by atoms with Gasteiger partial charge < -0.3 is 24.5 Å². The van der Waals surface area contributed by atoms with Gasteiger partial charge in [0.15, 0.2) is 0 Å². The zero-order chi connectivity index (χ0) is 27.9. The number of likely N-dealkylation sites (tertiary alicyclic amines) is 1. The lowest BCUT2D eigenvalue weighted by Crippen LogP contribution is -2.58. The van der Waals surface area contributed by atoms with Gasteiger partial charge in [0.1, 0.15) is 11.8 Å². The molecule has 4 aliphatic rings. The monoisotopic (exact) mass is 553 g/mol. The number of amides is 3. The Morgan fingerprint density at radius 1 is 1.08 bits per heavy atom. The lowest BCUT2D eigenvalue weighted by Gasteiger charge is -2.40. The third-order valence-corrected chi connectivity index (χ3v) is 10.6. The maximum atomic E-state index is 14.6. The summed E-state index contributed by atoms with van der Waals surface area (Å²) in [4.78, 5) is 48.2. The number of carbonyl (C=O) groups is 3. The fourth-order valence-electron chi connectivity index (χ4n) is 6.77. The summed E-state index contributed by atoms with van der Waals surface area (Å²) >= 11 is 1.58. The summed E-state index contributed by atoms with van der Waals surface area (Å²) in [7, 11) is 1.60. The minimum absolute atomic E-state index is 0.0173. The van der Waals surface area contributed by atoms with Crippen LogP contribution < -0.4 is 9.64 Å². The number of fused-ring (bicyclic) bond motifs is 2. The van der Waals surface area contributed by atoms with E-state index in [4.69, 9.17) is 4.74 Å². The number of rotatable bonds is 8. The minimum Gasteiger partial charge on any atom is -0.497 e. The molecule has 1 aromatic rings. The van der Waals surface area contributed by atoms with E-state index in [1.54, 1.807) is 28.7 Å². The Labute approximate surface area is 235 Å². The van der Waals surface area contributed by atoms with Gasteiger partial charge in [-0.05, 0) is 36.6 Å². The highest BCUT2D eigenvalue weighted by Crippen LogP contribution is 2.61. The number of hydrogen-bond acceptors (Lipinski definition) is 6. The molecule has 0 aromatic heterocycles. The molecule has 2 fully saturated rings. The zero-order valence-electron chi connectivity index (χ0n) is 23.2. The van der Waals surface area contributed by atoms with Crippen LogP contribution in [0, 0.1) is 17.8 Å². The Hall–Kier alpha value is -2.78. The van der Waals surface area contributed by atoms with E-state index < -0.39 is 28.7 Å². The van der Waals surface area contributed by atoms with Crippen molar-refractivity contribution in [2.75, 3.05) is 38.3 Å². The SMILES string of the molecule is CCCN1CC=C[C@H]2S[C@]34C=CCN(c5ccc(OC)cc5)C(=O)C3N([C@@H](CO)[C@@H](C)CC)C(=O)[C@@H]4[C@H]2C1=O. The molecule has 0 radical (unpaired) electrons. The molecule has 1 unspecified atom stereocenters. The fraction of sp³-hybridized carbons (Fsp3) is 0.567. The van der Waals surface area contributed by atoms with E-state index in [9.17, 15) is 19.5 Å². The molecule has 9 heteroatoms. The molecule has 210 valence electrons. The Morgan fingerprint density at radius 3 is 2.46 bits per heavy atom. The van der Waals surface area contributed by atoms with Crippen molar-refractivity contribution in [1.82, 2.24) is 9.80 Å². The number of anilines is 1. The number of carbonyl (C=O) groups excluding carboxylic acids is 3. The molecule has 4 aliphatic heterocycles. The van der Waals surface area contributed by atoms with E-state index in [0.29, 0.717) is 31.1 Å². The first-order chi connectivity index (χ1) is 18.8. The molecule has 1 N–H and O–H groups in total. The summed E-state index contributed by atoms with van der Waals surface area (Å²) in [6.45, 7) is 7.35. The Morgan fingerprint density at radius 2 is 1.82 bits per heavy atom. The molecule has 3 amide bonds. The highest BCUT2D eigenvalue weighted by atomic mass is 32.2. The Bertz CT molecular complexity index is 1170. The molecule has 0 saturated carbocycles. The average Bonchev–Trinajstić information content (AvgIpc) is 3.26. The molecule has 39 heavy (non-hydrogen) atoms. The van der Waals surface area contributed by atoms with Gasteiger partial charge in [-0.15, -0.1) is 11.8 Å². The summed E-state index contributed by atoms with van der Waals surface area (Å²) in [5.74, 6) is -0.968. The Balaban J connectivity index is 1.63. The minimum atomic E-state index is -0.902. The van der Waals surface area contributed by atoms with E-state index in [2.05, 4.69) is 6.08 Å². The molecule has 1 aromatic carbocycles. The second kappa shape index (κ2) is 11.0. The van der Waals surface area contributed by atoms with Crippen molar-refractivity contribution in [2.24, 2.45) is 17.8 Å². The van der Waals surface area contributed by atoms with Gasteiger partial charge in [0.05, 0.1) is 36.3 Å². The highest BCUT2D eigenvalue weighted by molar-refractivity contribution is 8.02. The average molecular weight is 554 g/mol. The molecular formula is C30H39N3O5S. The summed E-state index contributed by atoms with van der Waals surface area (Å²) in [6, 6.07) is 5.97. The third-order valence-electron chi connectivity index (χ3n) is 8.90. The second-order valence-electron chi connectivity index (χ2n) is 11.0. The van der Waals surface area contributed by atoms with Gasteiger partial charge in [-0.1, -0.05) is 51.5 Å². The van der Waals surface area contributed by atoms with Gasteiger partial charge in [0, 0.05) is 30.6 Å². The van der Waals surface area contributed by atoms with Crippen LogP contribution in [-0.4, -0.2) is 88.1 Å². The summed E-state index contributed by atoms with van der Waals surface area (Å²) in [5, 5.41) is 10.4. The number of benzene rings is 1. The van der Waals surface area contributed by atoms with E-state index in [1.807, 2.05) is 68.2 Å². The van der Waals surface area contributed by atoms with Crippen molar-refractivity contribution in [1.29, 1.82) is 0 Å². The first-order valence-corrected chi connectivity index (χ1v) is 14.9. The maximum absolute atomic E-state index is 14.6. The van der Waals surface area contributed by atoms with Gasteiger partial charge in [0.2, 0.25) is 11.8 Å². The predicted octanol–water partition coefficient (Wildman–Crippen LogP) is 3.11. The number of methoxy groups -OCH3 is 1. The number of hydrogen-bond donors (Lipinski definition) is 1. The molecule has 4 heterocycles. The number of aliphatic hydroxyl groups excluding tert-OH is 1. The van der Waals surface area contributed by atoms with E-state index in [1.165, 1.54) is 0 Å².